The van der Waals surface area contributed by atoms with Gasteiger partial charge in [-0.3, -0.25) is 0 Å². The second kappa shape index (κ2) is 5.63. The summed E-state index contributed by atoms with van der Waals surface area (Å²) >= 11 is 1.71. The number of allylic oxidation sites excluding steroid dienone is 1. The summed E-state index contributed by atoms with van der Waals surface area (Å²) in [5.74, 6) is 0.887. The smallest absolute Gasteiger partial charge is 0.203 e. The van der Waals surface area contributed by atoms with Gasteiger partial charge in [-0.1, -0.05) is 6.08 Å². The average Bonchev–Trinajstić information content (AvgIpc) is 2.90. The number of thiazole rings is 1. The first-order valence-corrected chi connectivity index (χ1v) is 6.44. The summed E-state index contributed by atoms with van der Waals surface area (Å²) in [6, 6.07) is 0. The van der Waals surface area contributed by atoms with E-state index in [0.29, 0.717) is 0 Å². The molecule has 4 nitrogen and oxygen atoms in total. The van der Waals surface area contributed by atoms with Crippen LogP contribution >= 0.6 is 11.3 Å². The largest absolute Gasteiger partial charge is 0.355 e. The van der Waals surface area contributed by atoms with Gasteiger partial charge in [0.05, 0.1) is 5.01 Å². The van der Waals surface area contributed by atoms with Crippen molar-refractivity contribution in [2.75, 3.05) is 11.9 Å². The summed E-state index contributed by atoms with van der Waals surface area (Å²) in [7, 11) is 0. The third-order valence-electron chi connectivity index (χ3n) is 2.33. The molecule has 0 saturated heterocycles. The van der Waals surface area contributed by atoms with Crippen LogP contribution in [0.2, 0.25) is 0 Å². The lowest BCUT2D eigenvalue weighted by atomic mass is 10.4. The maximum Gasteiger partial charge on any atom is 0.203 e. The van der Waals surface area contributed by atoms with Crippen molar-refractivity contribution in [1.82, 2.24) is 14.5 Å². The summed E-state index contributed by atoms with van der Waals surface area (Å²) in [6.45, 7) is 7.37. The molecule has 0 aliphatic heterocycles. The van der Waals surface area contributed by atoms with Gasteiger partial charge in [0.2, 0.25) is 5.95 Å². The maximum absolute atomic E-state index is 4.42. The Morgan fingerprint density at radius 1 is 1.59 bits per heavy atom. The first kappa shape index (κ1) is 11.9. The maximum atomic E-state index is 4.42. The number of aryl methyl sites for hydroxylation is 1. The van der Waals surface area contributed by atoms with Crippen molar-refractivity contribution >= 4 is 17.3 Å². The highest BCUT2D eigenvalue weighted by atomic mass is 32.1. The van der Waals surface area contributed by atoms with E-state index in [1.807, 2.05) is 23.8 Å². The average molecular weight is 248 g/mol. The predicted octanol–water partition coefficient (Wildman–Crippen LogP) is 2.49. The van der Waals surface area contributed by atoms with Crippen molar-refractivity contribution in [3.8, 4) is 0 Å². The first-order chi connectivity index (χ1) is 8.29. The van der Waals surface area contributed by atoms with E-state index in [-0.39, 0.29) is 0 Å². The summed E-state index contributed by atoms with van der Waals surface area (Å²) in [5.41, 5.74) is 1.10. The molecule has 0 amide bonds. The summed E-state index contributed by atoms with van der Waals surface area (Å²) < 4.78 is 2.03. The lowest BCUT2D eigenvalue weighted by Crippen LogP contribution is -2.10. The number of nitrogens with one attached hydrogen (secondary N) is 1. The monoisotopic (exact) mass is 248 g/mol. The highest BCUT2D eigenvalue weighted by molar-refractivity contribution is 7.09. The van der Waals surface area contributed by atoms with E-state index in [9.17, 15) is 0 Å². The molecule has 2 aromatic rings. The van der Waals surface area contributed by atoms with Gasteiger partial charge in [0.1, 0.15) is 0 Å². The zero-order valence-corrected chi connectivity index (χ0v) is 10.7. The molecule has 0 fully saturated rings. The molecular weight excluding hydrogens is 232 g/mol. The van der Waals surface area contributed by atoms with Crippen LogP contribution in [0.5, 0.6) is 0 Å². The van der Waals surface area contributed by atoms with E-state index < -0.39 is 0 Å². The molecule has 90 valence electrons. The minimum Gasteiger partial charge on any atom is -0.355 e. The molecule has 0 aliphatic rings. The van der Waals surface area contributed by atoms with Gasteiger partial charge in [-0.15, -0.1) is 17.9 Å². The zero-order valence-electron chi connectivity index (χ0n) is 9.89. The SMILES string of the molecule is C=CCn1ccnc1NCCc1nc(C)cs1. The van der Waals surface area contributed by atoms with Crippen LogP contribution in [0.1, 0.15) is 10.7 Å². The molecule has 2 aromatic heterocycles. The number of imidazole rings is 1. The van der Waals surface area contributed by atoms with E-state index >= 15 is 0 Å². The van der Waals surface area contributed by atoms with Gasteiger partial charge in [-0.2, -0.15) is 0 Å². The van der Waals surface area contributed by atoms with E-state index in [1.54, 1.807) is 17.5 Å². The number of hydrogen-bond acceptors (Lipinski definition) is 4. The molecule has 0 radical (unpaired) electrons. The van der Waals surface area contributed by atoms with E-state index in [4.69, 9.17) is 0 Å². The van der Waals surface area contributed by atoms with Crippen molar-refractivity contribution in [2.24, 2.45) is 0 Å². The number of anilines is 1. The molecule has 0 spiro atoms. The fourth-order valence-electron chi connectivity index (χ4n) is 1.56. The van der Waals surface area contributed by atoms with Crippen molar-refractivity contribution in [3.05, 3.63) is 41.1 Å². The molecule has 0 bridgehead atoms. The van der Waals surface area contributed by atoms with Crippen LogP contribution in [0.3, 0.4) is 0 Å². The molecule has 2 rings (SSSR count). The quantitative estimate of drug-likeness (QED) is 0.799. The van der Waals surface area contributed by atoms with Gasteiger partial charge in [0.25, 0.3) is 0 Å². The molecule has 1 N–H and O–H groups in total. The first-order valence-electron chi connectivity index (χ1n) is 5.56. The fourth-order valence-corrected chi connectivity index (χ4v) is 2.34. The van der Waals surface area contributed by atoms with Crippen LogP contribution in [0.4, 0.5) is 5.95 Å². The Morgan fingerprint density at radius 3 is 3.18 bits per heavy atom. The zero-order chi connectivity index (χ0) is 12.1. The summed E-state index contributed by atoms with van der Waals surface area (Å²) in [6.07, 6.45) is 6.52. The highest BCUT2D eigenvalue weighted by Crippen LogP contribution is 2.10. The Morgan fingerprint density at radius 2 is 2.47 bits per heavy atom. The number of nitrogens with zero attached hydrogens (tertiary/aromatic N) is 3. The Balaban J connectivity index is 1.85. The molecule has 0 atom stereocenters. The van der Waals surface area contributed by atoms with Gasteiger partial charge in [-0.05, 0) is 6.92 Å². The van der Waals surface area contributed by atoms with E-state index in [1.165, 1.54) is 0 Å². The third-order valence-corrected chi connectivity index (χ3v) is 3.36. The summed E-state index contributed by atoms with van der Waals surface area (Å²) in [5, 5.41) is 6.55. The minimum absolute atomic E-state index is 0.776. The van der Waals surface area contributed by atoms with Crippen molar-refractivity contribution in [2.45, 2.75) is 19.9 Å². The fraction of sp³-hybridized carbons (Fsp3) is 0.333. The van der Waals surface area contributed by atoms with Crippen molar-refractivity contribution in [1.29, 1.82) is 0 Å². The molecule has 0 unspecified atom stereocenters. The number of rotatable bonds is 6. The molecular formula is C12H16N4S. The molecule has 0 aliphatic carbocycles. The lowest BCUT2D eigenvalue weighted by Gasteiger charge is -2.06. The van der Waals surface area contributed by atoms with E-state index in [0.717, 1.165) is 36.2 Å². The van der Waals surface area contributed by atoms with Crippen molar-refractivity contribution in [3.63, 3.8) is 0 Å². The Labute approximate surface area is 105 Å². The van der Waals surface area contributed by atoms with E-state index in [2.05, 4.69) is 27.2 Å². The normalized spacial score (nSPS) is 10.4. The van der Waals surface area contributed by atoms with Gasteiger partial charge >= 0.3 is 0 Å². The topological polar surface area (TPSA) is 42.7 Å². The second-order valence-electron chi connectivity index (χ2n) is 3.75. The standard InChI is InChI=1S/C12H16N4S/c1-3-7-16-8-6-14-12(16)13-5-4-11-15-10(2)9-17-11/h3,6,8-9H,1,4-5,7H2,2H3,(H,13,14). The van der Waals surface area contributed by atoms with Crippen LogP contribution in [-0.4, -0.2) is 21.1 Å². The molecule has 17 heavy (non-hydrogen) atoms. The van der Waals surface area contributed by atoms with Crippen LogP contribution in [0, 0.1) is 6.92 Å². The Bertz CT molecular complexity index is 486. The van der Waals surface area contributed by atoms with Gasteiger partial charge in [-0.25, -0.2) is 9.97 Å². The molecule has 0 aromatic carbocycles. The Kier molecular flexibility index (Phi) is 3.93. The van der Waals surface area contributed by atoms with Gasteiger partial charge in [0, 0.05) is 43.0 Å². The van der Waals surface area contributed by atoms with Crippen LogP contribution in [-0.2, 0) is 13.0 Å². The molecule has 2 heterocycles. The molecule has 5 heteroatoms. The second-order valence-corrected chi connectivity index (χ2v) is 4.69. The van der Waals surface area contributed by atoms with Crippen molar-refractivity contribution < 1.29 is 0 Å². The third kappa shape index (κ3) is 3.17. The van der Waals surface area contributed by atoms with Gasteiger partial charge in [0.15, 0.2) is 0 Å². The van der Waals surface area contributed by atoms with Crippen LogP contribution < -0.4 is 5.32 Å². The number of hydrogen-bond donors (Lipinski definition) is 1. The van der Waals surface area contributed by atoms with Crippen LogP contribution in [0.15, 0.2) is 30.4 Å². The molecule has 0 saturated carbocycles. The Hall–Kier alpha value is -1.62. The lowest BCUT2D eigenvalue weighted by molar-refractivity contribution is 0.816. The minimum atomic E-state index is 0.776. The highest BCUT2D eigenvalue weighted by Gasteiger charge is 2.02. The van der Waals surface area contributed by atoms with Gasteiger partial charge < -0.3 is 9.88 Å². The van der Waals surface area contributed by atoms with Crippen LogP contribution in [0.25, 0.3) is 0 Å². The number of aromatic nitrogens is 3. The summed E-state index contributed by atoms with van der Waals surface area (Å²) in [4.78, 5) is 8.68. The predicted molar refractivity (Wildman–Crippen MR) is 71.5 cm³/mol.